The van der Waals surface area contributed by atoms with Gasteiger partial charge in [-0.3, -0.25) is 0 Å². The van der Waals surface area contributed by atoms with Crippen LogP contribution in [0.25, 0.3) is 89.1 Å². The van der Waals surface area contributed by atoms with E-state index in [9.17, 15) is 1.37 Å². The summed E-state index contributed by atoms with van der Waals surface area (Å²) in [5.41, 5.74) is -2.66. The minimum atomic E-state index is -0.860. The van der Waals surface area contributed by atoms with Crippen molar-refractivity contribution in [1.29, 1.82) is 0 Å². The van der Waals surface area contributed by atoms with Crippen LogP contribution in [0.5, 0.6) is 0 Å². The molecule has 7 aromatic carbocycles. The van der Waals surface area contributed by atoms with Crippen LogP contribution in [0.2, 0.25) is 0 Å². The minimum absolute atomic E-state index is 0.0326. The van der Waals surface area contributed by atoms with Crippen LogP contribution in [0.3, 0.4) is 0 Å². The maximum absolute atomic E-state index is 9.61. The van der Waals surface area contributed by atoms with Crippen molar-refractivity contribution in [2.45, 2.75) is 0 Å². The Morgan fingerprint density at radius 1 is 0.426 bits per heavy atom. The molecule has 0 saturated carbocycles. The second-order valence-corrected chi connectivity index (χ2v) is 10.1. The summed E-state index contributed by atoms with van der Waals surface area (Å²) in [5.74, 6) is -1.36. The summed E-state index contributed by atoms with van der Waals surface area (Å²) in [7, 11) is 0. The molecule has 0 atom stereocenters. The number of fused-ring (bicyclic) bond motifs is 4. The number of hydrogen-bond donors (Lipinski definition) is 0. The van der Waals surface area contributed by atoms with Crippen LogP contribution in [0.15, 0.2) is 168 Å². The van der Waals surface area contributed by atoms with Gasteiger partial charge in [0.25, 0.3) is 0 Å². The molecular formula is C43H27N3O. The summed E-state index contributed by atoms with van der Waals surface area (Å²) >= 11 is 0. The molecule has 9 aromatic rings. The van der Waals surface area contributed by atoms with Crippen molar-refractivity contribution < 1.29 is 33.2 Å². The van der Waals surface area contributed by atoms with Gasteiger partial charge in [0.15, 0.2) is 17.5 Å². The summed E-state index contributed by atoms with van der Waals surface area (Å²) in [6.07, 6.45) is 0. The van der Waals surface area contributed by atoms with Crippen molar-refractivity contribution >= 4 is 32.7 Å². The topological polar surface area (TPSA) is 51.8 Å². The van der Waals surface area contributed by atoms with Crippen LogP contribution in [0, 0.1) is 0 Å². The molecule has 0 amide bonds. The third kappa shape index (κ3) is 4.93. The molecule has 0 fully saturated rings. The summed E-state index contributed by atoms with van der Waals surface area (Å²) < 4.78 is 186. The first-order chi connectivity index (χ1) is 32.0. The van der Waals surface area contributed by atoms with Gasteiger partial charge in [-0.2, -0.15) is 0 Å². The number of para-hydroxylation sites is 1. The lowest BCUT2D eigenvalue weighted by Crippen LogP contribution is -2.00. The van der Waals surface area contributed by atoms with E-state index in [1.807, 2.05) is 0 Å². The highest BCUT2D eigenvalue weighted by molar-refractivity contribution is 6.12. The zero-order valence-corrected chi connectivity index (χ0v) is 23.7. The number of furan rings is 1. The van der Waals surface area contributed by atoms with E-state index in [4.69, 9.17) is 31.8 Å². The minimum Gasteiger partial charge on any atom is -0.456 e. The Balaban J connectivity index is 1.34. The SMILES string of the molecule is [2H]c1c([2H])c([2H])c(-c2ccc3cc(-c4nc(-c5c([2H])c([2H])c([2H])c([2H])c5[2H])nc(-c5c([2H])c([2H])c([2H])c(-c6c([2H])c([2H])c([2H])c7oc8c([2H])c([2H])c([2H])c([2H])c8c67)c5[2H])n4)ccc3c2)c([2H])c1[2H]. The molecule has 2 heterocycles. The zero-order chi connectivity index (χ0) is 49.4. The molecule has 47 heavy (non-hydrogen) atoms. The van der Waals surface area contributed by atoms with Gasteiger partial charge in [-0.1, -0.05) is 133 Å². The van der Waals surface area contributed by atoms with Crippen LogP contribution in [-0.2, 0) is 0 Å². The summed E-state index contributed by atoms with van der Waals surface area (Å²) in [4.78, 5) is 13.5. The fraction of sp³-hybridized carbons (Fsp3) is 0. The van der Waals surface area contributed by atoms with Crippen molar-refractivity contribution in [2.24, 2.45) is 0 Å². The molecule has 0 saturated heterocycles. The van der Waals surface area contributed by atoms with Gasteiger partial charge in [0.05, 0.1) is 28.8 Å². The van der Waals surface area contributed by atoms with E-state index in [0.29, 0.717) is 16.3 Å². The lowest BCUT2D eigenvalue weighted by atomic mass is 9.97. The molecule has 0 aliphatic rings. The first-order valence-corrected chi connectivity index (χ1v) is 14.0. The number of aromatic nitrogens is 3. The van der Waals surface area contributed by atoms with Gasteiger partial charge in [0.1, 0.15) is 11.2 Å². The standard InChI is InChI=1S/C43H27N3O/c1-3-11-28(12-4-1)30-21-22-32-26-35(24-23-31(32)25-30)43-45-41(29-13-5-2-6-14-29)44-42(46-43)34-16-9-15-33(27-34)36-18-10-20-39-40(36)37-17-7-8-19-38(37)47-39/h1-27H/i1D,2D,3D,4D,5D,6D,7D,8D,9D,10D,11D,12D,13D,14D,15D,16D,17D,18D,19D,20D,27D. The third-order valence-corrected chi connectivity index (χ3v) is 7.29. The molecule has 0 unspecified atom stereocenters. The lowest BCUT2D eigenvalue weighted by molar-refractivity contribution is 0.669. The highest BCUT2D eigenvalue weighted by Gasteiger charge is 2.16. The van der Waals surface area contributed by atoms with Crippen molar-refractivity contribution in [3.63, 3.8) is 0 Å². The van der Waals surface area contributed by atoms with Crippen molar-refractivity contribution in [3.05, 3.63) is 163 Å². The summed E-state index contributed by atoms with van der Waals surface area (Å²) in [6.45, 7) is 0. The summed E-state index contributed by atoms with van der Waals surface area (Å²) in [5, 5.41) is 0.344. The van der Waals surface area contributed by atoms with E-state index in [-0.39, 0.29) is 27.7 Å². The van der Waals surface area contributed by atoms with Crippen LogP contribution in [0.1, 0.15) is 28.8 Å². The predicted octanol–water partition coefficient (Wildman–Crippen LogP) is 11.3. The van der Waals surface area contributed by atoms with E-state index < -0.39 is 172 Å². The second-order valence-electron chi connectivity index (χ2n) is 10.1. The van der Waals surface area contributed by atoms with Crippen molar-refractivity contribution in [2.75, 3.05) is 0 Å². The number of benzene rings is 7. The monoisotopic (exact) mass is 622 g/mol. The first-order valence-electron chi connectivity index (χ1n) is 24.5. The molecule has 0 radical (unpaired) electrons. The van der Waals surface area contributed by atoms with Crippen molar-refractivity contribution in [3.8, 4) is 56.4 Å². The molecule has 4 heteroatoms. The lowest BCUT2D eigenvalue weighted by Gasteiger charge is -2.11. The van der Waals surface area contributed by atoms with E-state index in [1.54, 1.807) is 24.3 Å². The Morgan fingerprint density at radius 3 is 1.77 bits per heavy atom. The molecule has 2 aromatic heterocycles. The fourth-order valence-corrected chi connectivity index (χ4v) is 5.15. The Bertz CT molecular complexity index is 3720. The Labute approximate surface area is 301 Å². The fourth-order valence-electron chi connectivity index (χ4n) is 5.15. The van der Waals surface area contributed by atoms with Gasteiger partial charge >= 0.3 is 0 Å². The molecule has 220 valence electrons. The quantitative estimate of drug-likeness (QED) is 0.192. The summed E-state index contributed by atoms with van der Waals surface area (Å²) in [6, 6.07) is -4.93. The van der Waals surface area contributed by atoms with E-state index in [2.05, 4.69) is 15.0 Å². The molecule has 0 aliphatic carbocycles. The number of hydrogen-bond acceptors (Lipinski definition) is 4. The average molecular weight is 623 g/mol. The van der Waals surface area contributed by atoms with Crippen LogP contribution in [0.4, 0.5) is 0 Å². The highest BCUT2D eigenvalue weighted by atomic mass is 16.3. The maximum atomic E-state index is 9.61. The highest BCUT2D eigenvalue weighted by Crippen LogP contribution is 2.38. The van der Waals surface area contributed by atoms with Crippen LogP contribution in [-0.4, -0.2) is 15.0 Å². The molecule has 0 spiro atoms. The Morgan fingerprint density at radius 2 is 0.979 bits per heavy atom. The third-order valence-electron chi connectivity index (χ3n) is 7.29. The molecule has 9 rings (SSSR count). The molecule has 0 N–H and O–H groups in total. The van der Waals surface area contributed by atoms with Gasteiger partial charge in [-0.15, -0.1) is 0 Å². The molecule has 0 bridgehead atoms. The average Bonchev–Trinajstić information content (AvgIpc) is 3.73. The van der Waals surface area contributed by atoms with E-state index in [0.717, 1.165) is 0 Å². The number of rotatable bonds is 5. The number of nitrogens with zero attached hydrogens (tertiary/aromatic N) is 3. The Hall–Kier alpha value is -6.39. The molecule has 4 nitrogen and oxygen atoms in total. The smallest absolute Gasteiger partial charge is 0.164 e. The Kier molecular flexibility index (Phi) is 3.13. The van der Waals surface area contributed by atoms with Crippen LogP contribution >= 0.6 is 0 Å². The second kappa shape index (κ2) is 11.2. The van der Waals surface area contributed by atoms with E-state index in [1.165, 1.54) is 12.1 Å². The largest absolute Gasteiger partial charge is 0.456 e. The zero-order valence-electron chi connectivity index (χ0n) is 44.7. The van der Waals surface area contributed by atoms with Gasteiger partial charge in [0, 0.05) is 27.5 Å². The van der Waals surface area contributed by atoms with Crippen molar-refractivity contribution in [1.82, 2.24) is 15.0 Å². The normalized spacial score (nSPS) is 17.7. The maximum Gasteiger partial charge on any atom is 0.164 e. The van der Waals surface area contributed by atoms with E-state index >= 15 is 0 Å². The molecule has 0 aliphatic heterocycles. The van der Waals surface area contributed by atoms with Gasteiger partial charge < -0.3 is 4.42 Å². The predicted molar refractivity (Wildman–Crippen MR) is 192 cm³/mol. The van der Waals surface area contributed by atoms with Crippen LogP contribution < -0.4 is 0 Å². The first kappa shape index (κ1) is 13.1. The van der Waals surface area contributed by atoms with Gasteiger partial charge in [0.2, 0.25) is 0 Å². The van der Waals surface area contributed by atoms with Gasteiger partial charge in [-0.25, -0.2) is 15.0 Å². The molecular weight excluding hydrogens is 574 g/mol. The van der Waals surface area contributed by atoms with Gasteiger partial charge in [-0.05, 0) is 63.3 Å².